The van der Waals surface area contributed by atoms with Crippen LogP contribution in [-0.4, -0.2) is 10.2 Å². The van der Waals surface area contributed by atoms with Gasteiger partial charge in [-0.05, 0) is 0 Å². The molecule has 6 heavy (non-hydrogen) atoms. The first kappa shape index (κ1) is 6.83. The van der Waals surface area contributed by atoms with E-state index in [1.807, 2.05) is 0 Å². The van der Waals surface area contributed by atoms with E-state index < -0.39 is 0 Å². The molecule has 0 rings (SSSR count). The van der Waals surface area contributed by atoms with Crippen molar-refractivity contribution in [2.45, 2.75) is 0 Å². The van der Waals surface area contributed by atoms with Gasteiger partial charge in [0.15, 0.2) is 0 Å². The van der Waals surface area contributed by atoms with Crippen LogP contribution in [0.5, 0.6) is 0 Å². The van der Waals surface area contributed by atoms with Crippen LogP contribution in [0.3, 0.4) is 0 Å². The maximum Gasteiger partial charge on any atom is 0.115 e. The summed E-state index contributed by atoms with van der Waals surface area (Å²) in [6.07, 6.45) is 0. The number of hydrogen-bond acceptors (Lipinski definition) is 0. The van der Waals surface area contributed by atoms with Crippen molar-refractivity contribution in [3.8, 4) is 0 Å². The van der Waals surface area contributed by atoms with Gasteiger partial charge in [-0.25, -0.2) is 0 Å². The molecule has 0 aliphatic heterocycles. The van der Waals surface area contributed by atoms with Crippen molar-refractivity contribution in [2.24, 2.45) is 0 Å². The average molecular weight is 161 g/mol. The summed E-state index contributed by atoms with van der Waals surface area (Å²) in [7, 11) is 0.735. The van der Waals surface area contributed by atoms with Gasteiger partial charge in [-0.15, -0.1) is 0 Å². The van der Waals surface area contributed by atoms with Gasteiger partial charge in [0.1, 0.15) is 4.49 Å². The summed E-state index contributed by atoms with van der Waals surface area (Å²) in [5.74, 6) is 0. The van der Waals surface area contributed by atoms with Crippen molar-refractivity contribution in [1.82, 2.24) is 0 Å². The van der Waals surface area contributed by atoms with E-state index in [4.69, 9.17) is 34.8 Å². The molecule has 0 unspecified atom stereocenters. The Hall–Kier alpha value is 0.827. The van der Waals surface area contributed by atoms with Crippen LogP contribution in [0.25, 0.3) is 0 Å². The highest BCUT2D eigenvalue weighted by Gasteiger charge is 1.84. The molecule has 0 aromatic rings. The van der Waals surface area contributed by atoms with Gasteiger partial charge >= 0.3 is 0 Å². The molecule has 0 aromatic heterocycles. The SMILES string of the molecule is [SiH3]C(Cl)=C(Cl)Cl. The van der Waals surface area contributed by atoms with Crippen LogP contribution < -0.4 is 0 Å². The molecule has 0 amide bonds. The largest absolute Gasteiger partial charge is 0.115 e. The number of rotatable bonds is 0. The molecular formula is C2H3Cl3Si. The Labute approximate surface area is 54.5 Å². The fourth-order valence-electron chi connectivity index (χ4n) is 0. The Kier molecular flexibility index (Phi) is 3.31. The summed E-state index contributed by atoms with van der Waals surface area (Å²) in [6, 6.07) is 0. The molecule has 0 bridgehead atoms. The van der Waals surface area contributed by atoms with E-state index in [2.05, 4.69) is 0 Å². The highest BCUT2D eigenvalue weighted by molar-refractivity contribution is 6.66. The second kappa shape index (κ2) is 2.91. The predicted octanol–water partition coefficient (Wildman–Crippen LogP) is 1.19. The fraction of sp³-hybridized carbons (Fsp3) is 0. The van der Waals surface area contributed by atoms with E-state index in [9.17, 15) is 0 Å². The van der Waals surface area contributed by atoms with Crippen LogP contribution >= 0.6 is 34.8 Å². The quantitative estimate of drug-likeness (QED) is 0.468. The molecule has 0 saturated heterocycles. The van der Waals surface area contributed by atoms with Crippen LogP contribution in [0.15, 0.2) is 9.15 Å². The topological polar surface area (TPSA) is 0 Å². The Balaban J connectivity index is 3.68. The second-order valence-electron chi connectivity index (χ2n) is 0.794. The van der Waals surface area contributed by atoms with Crippen molar-refractivity contribution in [3.05, 3.63) is 9.15 Å². The molecule has 0 N–H and O–H groups in total. The Morgan fingerprint density at radius 3 is 1.33 bits per heavy atom. The molecule has 0 aliphatic rings. The lowest BCUT2D eigenvalue weighted by atomic mass is 11.2. The minimum Gasteiger partial charge on any atom is -0.0928 e. The van der Waals surface area contributed by atoms with E-state index in [1.54, 1.807) is 0 Å². The van der Waals surface area contributed by atoms with Gasteiger partial charge in [0.05, 0.1) is 10.2 Å². The summed E-state index contributed by atoms with van der Waals surface area (Å²) in [4.78, 5) is 0. The van der Waals surface area contributed by atoms with Crippen molar-refractivity contribution < 1.29 is 0 Å². The first-order valence-corrected chi connectivity index (χ1v) is 3.45. The van der Waals surface area contributed by atoms with Gasteiger partial charge in [0.25, 0.3) is 0 Å². The molecule has 0 spiro atoms. The third-order valence-electron chi connectivity index (χ3n) is 0.260. The molecule has 0 fully saturated rings. The molecule has 0 atom stereocenters. The first-order valence-electron chi connectivity index (χ1n) is 1.32. The predicted molar refractivity (Wildman–Crippen MR) is 34.5 cm³/mol. The molecule has 0 aliphatic carbocycles. The van der Waals surface area contributed by atoms with E-state index in [-0.39, 0.29) is 4.49 Å². The Morgan fingerprint density at radius 1 is 1.17 bits per heavy atom. The lowest BCUT2D eigenvalue weighted by molar-refractivity contribution is 2.25. The molecule has 0 nitrogen and oxygen atoms in total. The minimum absolute atomic E-state index is 0.198. The lowest BCUT2D eigenvalue weighted by Gasteiger charge is -1.79. The van der Waals surface area contributed by atoms with Crippen LogP contribution in [-0.2, 0) is 0 Å². The zero-order chi connectivity index (χ0) is 5.15. The van der Waals surface area contributed by atoms with Crippen molar-refractivity contribution in [2.75, 3.05) is 0 Å². The van der Waals surface area contributed by atoms with E-state index in [0.717, 1.165) is 10.2 Å². The van der Waals surface area contributed by atoms with Crippen LogP contribution in [0, 0.1) is 0 Å². The highest BCUT2D eigenvalue weighted by Crippen LogP contribution is 2.13. The zero-order valence-electron chi connectivity index (χ0n) is 3.13. The van der Waals surface area contributed by atoms with Gasteiger partial charge in [0, 0.05) is 4.66 Å². The minimum atomic E-state index is 0.198. The third-order valence-corrected chi connectivity index (χ3v) is 2.34. The Bertz CT molecular complexity index is 58.9. The van der Waals surface area contributed by atoms with Crippen molar-refractivity contribution in [3.63, 3.8) is 0 Å². The summed E-state index contributed by atoms with van der Waals surface area (Å²) in [6.45, 7) is 0. The van der Waals surface area contributed by atoms with E-state index in [1.165, 1.54) is 0 Å². The number of halogens is 3. The molecule has 0 heterocycles. The zero-order valence-corrected chi connectivity index (χ0v) is 7.40. The lowest BCUT2D eigenvalue weighted by Crippen LogP contribution is -1.62. The van der Waals surface area contributed by atoms with Gasteiger partial charge in [-0.1, -0.05) is 34.8 Å². The summed E-state index contributed by atoms with van der Waals surface area (Å²) in [5.41, 5.74) is 0. The van der Waals surface area contributed by atoms with Gasteiger partial charge in [-0.2, -0.15) is 0 Å². The normalized spacial score (nSPS) is 8.50. The molecule has 0 radical (unpaired) electrons. The smallest absolute Gasteiger partial charge is 0.0928 e. The summed E-state index contributed by atoms with van der Waals surface area (Å²) in [5, 5.41) is 0. The average Bonchev–Trinajstić information content (AvgIpc) is 1.36. The second-order valence-corrected chi connectivity index (χ2v) is 3.94. The van der Waals surface area contributed by atoms with E-state index in [0.29, 0.717) is 4.66 Å². The van der Waals surface area contributed by atoms with Crippen molar-refractivity contribution in [1.29, 1.82) is 0 Å². The fourth-order valence-corrected chi connectivity index (χ4v) is 0. The molecule has 0 aromatic carbocycles. The summed E-state index contributed by atoms with van der Waals surface area (Å²) >= 11 is 15.6. The van der Waals surface area contributed by atoms with Crippen molar-refractivity contribution >= 4 is 45.0 Å². The molecule has 4 heteroatoms. The first-order chi connectivity index (χ1) is 2.64. The maximum absolute atomic E-state index is 5.29. The standard InChI is InChI=1S/C2H3Cl3Si/c3-1(4)2(5)6/h6H3. The van der Waals surface area contributed by atoms with Gasteiger partial charge in [0.2, 0.25) is 0 Å². The molecule has 36 valence electrons. The maximum atomic E-state index is 5.29. The highest BCUT2D eigenvalue weighted by atomic mass is 35.5. The number of hydrogen-bond donors (Lipinski definition) is 0. The van der Waals surface area contributed by atoms with Crippen LogP contribution in [0.1, 0.15) is 0 Å². The van der Waals surface area contributed by atoms with E-state index >= 15 is 0 Å². The molecular weight excluding hydrogens is 158 g/mol. The monoisotopic (exact) mass is 160 g/mol. The van der Waals surface area contributed by atoms with Crippen LogP contribution in [0.2, 0.25) is 0 Å². The molecule has 0 saturated carbocycles. The third kappa shape index (κ3) is 3.03. The van der Waals surface area contributed by atoms with Gasteiger partial charge in [-0.3, -0.25) is 0 Å². The van der Waals surface area contributed by atoms with Crippen LogP contribution in [0.4, 0.5) is 0 Å². The summed E-state index contributed by atoms with van der Waals surface area (Å²) < 4.78 is 0.765. The Morgan fingerprint density at radius 2 is 1.33 bits per heavy atom. The van der Waals surface area contributed by atoms with Gasteiger partial charge < -0.3 is 0 Å².